The molecule has 3 heterocycles. The van der Waals surface area contributed by atoms with E-state index in [-0.39, 0.29) is 11.8 Å². The number of H-pyrrole nitrogens is 1. The molecule has 0 fully saturated rings. The van der Waals surface area contributed by atoms with Gasteiger partial charge in [0.2, 0.25) is 11.8 Å². The predicted octanol–water partition coefficient (Wildman–Crippen LogP) is 2.74. The molecule has 24 heavy (non-hydrogen) atoms. The Morgan fingerprint density at radius 2 is 2.17 bits per heavy atom. The van der Waals surface area contributed by atoms with Gasteiger partial charge >= 0.3 is 0 Å². The van der Waals surface area contributed by atoms with Crippen LogP contribution in [0.25, 0.3) is 10.9 Å². The second-order valence-electron chi connectivity index (χ2n) is 5.62. The summed E-state index contributed by atoms with van der Waals surface area (Å²) in [6.45, 7) is 2.03. The molecule has 2 aromatic heterocycles. The van der Waals surface area contributed by atoms with Crippen LogP contribution in [0.2, 0.25) is 0 Å². The van der Waals surface area contributed by atoms with E-state index in [1.165, 1.54) is 0 Å². The summed E-state index contributed by atoms with van der Waals surface area (Å²) in [6.07, 6.45) is 2.51. The summed E-state index contributed by atoms with van der Waals surface area (Å²) < 4.78 is 5.56. The van der Waals surface area contributed by atoms with Crippen LogP contribution in [-0.2, 0) is 6.42 Å². The number of allylic oxidation sites excluding steroid dienone is 1. The first kappa shape index (κ1) is 14.3. The maximum Gasteiger partial charge on any atom is 0.244 e. The van der Waals surface area contributed by atoms with Crippen LogP contribution in [0.1, 0.15) is 29.7 Å². The lowest BCUT2D eigenvalue weighted by molar-refractivity contribution is 0.379. The molecule has 6 nitrogen and oxygen atoms in total. The minimum atomic E-state index is -0.319. The van der Waals surface area contributed by atoms with Crippen LogP contribution >= 0.6 is 0 Å². The third-order valence-corrected chi connectivity index (χ3v) is 4.37. The van der Waals surface area contributed by atoms with Gasteiger partial charge in [0.1, 0.15) is 11.6 Å². The molecule has 0 spiro atoms. The normalized spacial score (nSPS) is 16.6. The van der Waals surface area contributed by atoms with Crippen molar-refractivity contribution in [1.82, 2.24) is 15.2 Å². The number of pyridine rings is 1. The number of rotatable bonds is 2. The van der Waals surface area contributed by atoms with Crippen molar-refractivity contribution in [2.24, 2.45) is 5.73 Å². The van der Waals surface area contributed by atoms with Gasteiger partial charge in [-0.15, -0.1) is 5.10 Å². The standard InChI is InChI=1S/C18H15N5O/c1-2-13-16-15(12(9-19)17(20)24-18(16)23-22-13)11-7-8-21-14-6-4-3-5-10(11)14/h3-8,15H,2,20H2,1H3,(H,22,23). The summed E-state index contributed by atoms with van der Waals surface area (Å²) in [5.74, 6) is 0.222. The summed E-state index contributed by atoms with van der Waals surface area (Å²) in [6, 6.07) is 12.0. The summed E-state index contributed by atoms with van der Waals surface area (Å²) in [4.78, 5) is 4.41. The van der Waals surface area contributed by atoms with Gasteiger partial charge in [-0.25, -0.2) is 0 Å². The second kappa shape index (κ2) is 5.39. The van der Waals surface area contributed by atoms with Crippen LogP contribution in [0, 0.1) is 11.3 Å². The molecular formula is C18H15N5O. The maximum absolute atomic E-state index is 9.68. The Labute approximate surface area is 138 Å². The number of hydrogen-bond acceptors (Lipinski definition) is 5. The Morgan fingerprint density at radius 1 is 1.33 bits per heavy atom. The van der Waals surface area contributed by atoms with E-state index in [9.17, 15) is 5.26 Å². The van der Waals surface area contributed by atoms with E-state index >= 15 is 0 Å². The van der Waals surface area contributed by atoms with Crippen molar-refractivity contribution in [1.29, 1.82) is 5.26 Å². The molecule has 6 heteroatoms. The fourth-order valence-corrected chi connectivity index (χ4v) is 3.26. The number of fused-ring (bicyclic) bond motifs is 2. The summed E-state index contributed by atoms with van der Waals surface area (Å²) in [5.41, 5.74) is 10.1. The highest BCUT2D eigenvalue weighted by Gasteiger charge is 2.35. The molecule has 1 unspecified atom stereocenters. The van der Waals surface area contributed by atoms with E-state index in [1.54, 1.807) is 6.20 Å². The SMILES string of the molecule is CCc1[nH]nc2c1C(c1ccnc3ccccc13)C(C#N)=C(N)O2. The smallest absolute Gasteiger partial charge is 0.244 e. The van der Waals surface area contributed by atoms with Crippen molar-refractivity contribution >= 4 is 10.9 Å². The highest BCUT2D eigenvalue weighted by molar-refractivity contribution is 5.84. The molecule has 1 aromatic carbocycles. The quantitative estimate of drug-likeness (QED) is 0.757. The predicted molar refractivity (Wildman–Crippen MR) is 89.0 cm³/mol. The van der Waals surface area contributed by atoms with Crippen molar-refractivity contribution < 1.29 is 4.74 Å². The number of aromatic amines is 1. The van der Waals surface area contributed by atoms with E-state index in [0.717, 1.165) is 34.1 Å². The Hall–Kier alpha value is -3.33. The van der Waals surface area contributed by atoms with Crippen molar-refractivity contribution in [3.63, 3.8) is 0 Å². The fourth-order valence-electron chi connectivity index (χ4n) is 3.26. The van der Waals surface area contributed by atoms with Crippen LogP contribution in [0.15, 0.2) is 48.0 Å². The zero-order chi connectivity index (χ0) is 16.7. The monoisotopic (exact) mass is 317 g/mol. The second-order valence-corrected chi connectivity index (χ2v) is 5.62. The number of aryl methyl sites for hydroxylation is 1. The molecule has 3 N–H and O–H groups in total. The minimum Gasteiger partial charge on any atom is -0.420 e. The van der Waals surface area contributed by atoms with E-state index in [1.807, 2.05) is 37.3 Å². The Kier molecular flexibility index (Phi) is 3.21. The molecule has 0 saturated carbocycles. The minimum absolute atomic E-state index is 0.102. The molecule has 3 aromatic rings. The van der Waals surface area contributed by atoms with Gasteiger partial charge < -0.3 is 10.5 Å². The number of ether oxygens (including phenoxy) is 1. The molecule has 118 valence electrons. The lowest BCUT2D eigenvalue weighted by Gasteiger charge is -2.24. The van der Waals surface area contributed by atoms with Gasteiger partial charge in [0.05, 0.1) is 11.4 Å². The van der Waals surface area contributed by atoms with Gasteiger partial charge in [0.15, 0.2) is 0 Å². The average Bonchev–Trinajstić information content (AvgIpc) is 3.02. The van der Waals surface area contributed by atoms with Gasteiger partial charge in [0.25, 0.3) is 0 Å². The molecule has 1 aliphatic rings. The number of para-hydroxylation sites is 1. The third kappa shape index (κ3) is 1.95. The zero-order valence-electron chi connectivity index (χ0n) is 13.1. The summed E-state index contributed by atoms with van der Waals surface area (Å²) in [5, 5.41) is 17.9. The van der Waals surface area contributed by atoms with Gasteiger partial charge in [-0.1, -0.05) is 25.1 Å². The molecule has 1 aliphatic heterocycles. The van der Waals surface area contributed by atoms with Gasteiger partial charge in [0, 0.05) is 22.8 Å². The number of aromatic nitrogens is 3. The first-order chi connectivity index (χ1) is 11.7. The van der Waals surface area contributed by atoms with Crippen LogP contribution in [0.3, 0.4) is 0 Å². The fraction of sp³-hybridized carbons (Fsp3) is 0.167. The lowest BCUT2D eigenvalue weighted by Crippen LogP contribution is -2.21. The van der Waals surface area contributed by atoms with E-state index in [4.69, 9.17) is 10.5 Å². The number of benzene rings is 1. The molecule has 1 atom stereocenters. The van der Waals surface area contributed by atoms with E-state index in [0.29, 0.717) is 11.5 Å². The summed E-state index contributed by atoms with van der Waals surface area (Å²) in [7, 11) is 0. The van der Waals surface area contributed by atoms with Crippen LogP contribution in [-0.4, -0.2) is 15.2 Å². The molecule has 0 radical (unpaired) electrons. The number of hydrogen-bond donors (Lipinski definition) is 2. The van der Waals surface area contributed by atoms with Crippen molar-refractivity contribution in [2.75, 3.05) is 0 Å². The summed E-state index contributed by atoms with van der Waals surface area (Å²) >= 11 is 0. The lowest BCUT2D eigenvalue weighted by atomic mass is 9.82. The van der Waals surface area contributed by atoms with Crippen LogP contribution < -0.4 is 10.5 Å². The van der Waals surface area contributed by atoms with Crippen LogP contribution in [0.5, 0.6) is 5.88 Å². The largest absolute Gasteiger partial charge is 0.420 e. The molecular weight excluding hydrogens is 302 g/mol. The van der Waals surface area contributed by atoms with Crippen LogP contribution in [0.4, 0.5) is 0 Å². The van der Waals surface area contributed by atoms with Gasteiger partial charge in [-0.3, -0.25) is 10.1 Å². The third-order valence-electron chi connectivity index (χ3n) is 4.37. The Bertz CT molecular complexity index is 1010. The molecule has 0 bridgehead atoms. The molecule has 0 amide bonds. The Morgan fingerprint density at radius 3 is 2.96 bits per heavy atom. The van der Waals surface area contributed by atoms with Gasteiger partial charge in [-0.2, -0.15) is 5.26 Å². The van der Waals surface area contributed by atoms with E-state index in [2.05, 4.69) is 21.3 Å². The topological polar surface area (TPSA) is 101 Å². The number of nitriles is 1. The number of nitrogens with two attached hydrogens (primary N) is 1. The van der Waals surface area contributed by atoms with Crippen molar-refractivity contribution in [3.05, 3.63) is 64.8 Å². The van der Waals surface area contributed by atoms with Crippen molar-refractivity contribution in [2.45, 2.75) is 19.3 Å². The van der Waals surface area contributed by atoms with Gasteiger partial charge in [-0.05, 0) is 24.1 Å². The zero-order valence-corrected chi connectivity index (χ0v) is 13.1. The van der Waals surface area contributed by atoms with E-state index < -0.39 is 0 Å². The average molecular weight is 317 g/mol. The van der Waals surface area contributed by atoms with Crippen molar-refractivity contribution in [3.8, 4) is 11.9 Å². The first-order valence-corrected chi connectivity index (χ1v) is 7.73. The highest BCUT2D eigenvalue weighted by Crippen LogP contribution is 2.44. The first-order valence-electron chi connectivity index (χ1n) is 7.73. The number of nitrogens with one attached hydrogen (secondary N) is 1. The molecule has 4 rings (SSSR count). The molecule has 0 aliphatic carbocycles. The maximum atomic E-state index is 9.68. The number of nitrogens with zero attached hydrogens (tertiary/aromatic N) is 3. The molecule has 0 saturated heterocycles. The highest BCUT2D eigenvalue weighted by atomic mass is 16.5. The Balaban J connectivity index is 2.05.